The summed E-state index contributed by atoms with van der Waals surface area (Å²) in [7, 11) is 3.14. The van der Waals surface area contributed by atoms with Crippen molar-refractivity contribution in [2.45, 2.75) is 6.54 Å². The normalized spacial score (nSPS) is 10.6. The van der Waals surface area contributed by atoms with Crippen LogP contribution in [-0.2, 0) is 6.54 Å². The number of oxazole rings is 1. The van der Waals surface area contributed by atoms with E-state index in [1.807, 2.05) is 24.3 Å². The van der Waals surface area contributed by atoms with Crippen LogP contribution in [0, 0.1) is 0 Å². The van der Waals surface area contributed by atoms with Gasteiger partial charge in [0.25, 0.3) is 0 Å². The van der Waals surface area contributed by atoms with Gasteiger partial charge in [0.2, 0.25) is 5.89 Å². The second kappa shape index (κ2) is 7.68. The van der Waals surface area contributed by atoms with Gasteiger partial charge in [0.15, 0.2) is 5.76 Å². The predicted octanol–water partition coefficient (Wildman–Crippen LogP) is 5.28. The van der Waals surface area contributed by atoms with E-state index in [9.17, 15) is 0 Å². The Morgan fingerprint density at radius 2 is 1.76 bits per heavy atom. The molecule has 0 aliphatic heterocycles. The first-order valence-electron chi connectivity index (χ1n) is 7.46. The quantitative estimate of drug-likeness (QED) is 0.632. The lowest BCUT2D eigenvalue weighted by molar-refractivity contribution is 0.404. The molecular formula is C18H16Cl2N2O3. The molecule has 0 saturated carbocycles. The average molecular weight is 379 g/mol. The van der Waals surface area contributed by atoms with E-state index in [1.54, 1.807) is 32.5 Å². The number of nitrogens with one attached hydrogen (secondary N) is 1. The van der Waals surface area contributed by atoms with Crippen LogP contribution in [0.3, 0.4) is 0 Å². The highest BCUT2D eigenvalue weighted by atomic mass is 35.5. The molecule has 0 spiro atoms. The van der Waals surface area contributed by atoms with Gasteiger partial charge in [-0.1, -0.05) is 23.2 Å². The summed E-state index contributed by atoms with van der Waals surface area (Å²) < 4.78 is 16.3. The molecule has 0 bridgehead atoms. The predicted molar refractivity (Wildman–Crippen MR) is 98.8 cm³/mol. The molecule has 3 rings (SSSR count). The number of rotatable bonds is 6. The van der Waals surface area contributed by atoms with Gasteiger partial charge in [-0.3, -0.25) is 0 Å². The van der Waals surface area contributed by atoms with E-state index in [1.165, 1.54) is 0 Å². The van der Waals surface area contributed by atoms with Crippen LogP contribution in [0.5, 0.6) is 11.5 Å². The minimum absolute atomic E-state index is 0.384. The summed E-state index contributed by atoms with van der Waals surface area (Å²) in [5, 5.41) is 4.37. The summed E-state index contributed by atoms with van der Waals surface area (Å²) in [5.74, 6) is 2.38. The molecule has 0 amide bonds. The maximum absolute atomic E-state index is 6.11. The number of ether oxygens (including phenoxy) is 2. The van der Waals surface area contributed by atoms with Crippen molar-refractivity contribution in [3.05, 3.63) is 58.5 Å². The molecule has 0 atom stereocenters. The molecule has 0 saturated heterocycles. The minimum Gasteiger partial charge on any atom is -0.495 e. The van der Waals surface area contributed by atoms with Gasteiger partial charge in [-0.15, -0.1) is 0 Å². The lowest BCUT2D eigenvalue weighted by atomic mass is 10.2. The minimum atomic E-state index is 0.384. The van der Waals surface area contributed by atoms with E-state index in [0.717, 1.165) is 11.3 Å². The number of aromatic nitrogens is 1. The summed E-state index contributed by atoms with van der Waals surface area (Å²) in [6.07, 6.45) is 1.68. The van der Waals surface area contributed by atoms with Crippen LogP contribution in [0.4, 0.5) is 5.69 Å². The zero-order valence-electron chi connectivity index (χ0n) is 13.7. The van der Waals surface area contributed by atoms with Crippen molar-refractivity contribution in [2.24, 2.45) is 0 Å². The molecule has 5 nitrogen and oxygen atoms in total. The molecule has 0 aliphatic rings. The van der Waals surface area contributed by atoms with Gasteiger partial charge in [-0.05, 0) is 24.3 Å². The van der Waals surface area contributed by atoms with Gasteiger partial charge in [0.05, 0.1) is 37.7 Å². The van der Waals surface area contributed by atoms with E-state index in [4.69, 9.17) is 37.1 Å². The fraction of sp³-hybridized carbons (Fsp3) is 0.167. The van der Waals surface area contributed by atoms with E-state index >= 15 is 0 Å². The Labute approximate surface area is 155 Å². The number of anilines is 1. The molecule has 25 heavy (non-hydrogen) atoms. The van der Waals surface area contributed by atoms with E-state index < -0.39 is 0 Å². The van der Waals surface area contributed by atoms with Crippen molar-refractivity contribution in [2.75, 3.05) is 19.5 Å². The van der Waals surface area contributed by atoms with Crippen LogP contribution in [0.1, 0.15) is 5.89 Å². The molecule has 1 heterocycles. The Kier molecular flexibility index (Phi) is 5.36. The van der Waals surface area contributed by atoms with Crippen LogP contribution < -0.4 is 14.8 Å². The third-order valence-electron chi connectivity index (χ3n) is 3.59. The SMILES string of the molecule is COc1cc(NCc2ncc(-c3ccc(Cl)cc3)o2)c(OC)cc1Cl. The first-order valence-corrected chi connectivity index (χ1v) is 8.22. The standard InChI is InChI=1S/C18H16Cl2N2O3/c1-23-15-8-14(16(24-2)7-13(15)20)21-10-18-22-9-17(25-18)11-3-5-12(19)6-4-11/h3-9,21H,10H2,1-2H3. The molecule has 0 radical (unpaired) electrons. The number of benzene rings is 2. The van der Waals surface area contributed by atoms with Gasteiger partial charge in [0, 0.05) is 22.7 Å². The maximum atomic E-state index is 6.11. The zero-order valence-corrected chi connectivity index (χ0v) is 15.2. The highest BCUT2D eigenvalue weighted by Gasteiger charge is 2.11. The van der Waals surface area contributed by atoms with Crippen LogP contribution in [0.25, 0.3) is 11.3 Å². The topological polar surface area (TPSA) is 56.5 Å². The molecule has 0 aliphatic carbocycles. The molecule has 0 fully saturated rings. The Hall–Kier alpha value is -2.37. The maximum Gasteiger partial charge on any atom is 0.214 e. The lowest BCUT2D eigenvalue weighted by Gasteiger charge is -2.13. The Morgan fingerprint density at radius 3 is 2.44 bits per heavy atom. The van der Waals surface area contributed by atoms with Crippen molar-refractivity contribution >= 4 is 28.9 Å². The lowest BCUT2D eigenvalue weighted by Crippen LogP contribution is -2.02. The van der Waals surface area contributed by atoms with Crippen molar-refractivity contribution in [1.29, 1.82) is 0 Å². The molecule has 2 aromatic carbocycles. The van der Waals surface area contributed by atoms with Crippen LogP contribution in [-0.4, -0.2) is 19.2 Å². The van der Waals surface area contributed by atoms with Crippen molar-refractivity contribution in [3.63, 3.8) is 0 Å². The van der Waals surface area contributed by atoms with Gasteiger partial charge >= 0.3 is 0 Å². The van der Waals surface area contributed by atoms with Crippen LogP contribution in [0.2, 0.25) is 10.0 Å². The van der Waals surface area contributed by atoms with Gasteiger partial charge in [-0.2, -0.15) is 0 Å². The summed E-state index contributed by atoms with van der Waals surface area (Å²) in [4.78, 5) is 4.29. The van der Waals surface area contributed by atoms with Crippen molar-refractivity contribution in [1.82, 2.24) is 4.98 Å². The summed E-state index contributed by atoms with van der Waals surface area (Å²) in [6, 6.07) is 10.8. The number of methoxy groups -OCH3 is 2. The Morgan fingerprint density at radius 1 is 1.04 bits per heavy atom. The summed E-state index contributed by atoms with van der Waals surface area (Å²) in [6.45, 7) is 0.384. The fourth-order valence-corrected chi connectivity index (χ4v) is 2.67. The van der Waals surface area contributed by atoms with Gasteiger partial charge < -0.3 is 19.2 Å². The number of hydrogen-bond donors (Lipinski definition) is 1. The molecule has 1 aromatic heterocycles. The highest BCUT2D eigenvalue weighted by Crippen LogP contribution is 2.36. The second-order valence-corrected chi connectivity index (χ2v) is 6.01. The molecule has 0 unspecified atom stereocenters. The number of nitrogens with zero attached hydrogens (tertiary/aromatic N) is 1. The average Bonchev–Trinajstić information content (AvgIpc) is 3.10. The zero-order chi connectivity index (χ0) is 17.8. The Bertz CT molecular complexity index is 863. The first kappa shape index (κ1) is 17.5. The smallest absolute Gasteiger partial charge is 0.214 e. The molecule has 7 heteroatoms. The van der Waals surface area contributed by atoms with Crippen molar-refractivity contribution < 1.29 is 13.9 Å². The summed E-state index contributed by atoms with van der Waals surface area (Å²) in [5.41, 5.74) is 1.64. The second-order valence-electron chi connectivity index (χ2n) is 5.17. The van der Waals surface area contributed by atoms with E-state index in [2.05, 4.69) is 10.3 Å². The van der Waals surface area contributed by atoms with Gasteiger partial charge in [-0.25, -0.2) is 4.98 Å². The third kappa shape index (κ3) is 4.00. The molecular weight excluding hydrogens is 363 g/mol. The molecule has 3 aromatic rings. The largest absolute Gasteiger partial charge is 0.495 e. The van der Waals surface area contributed by atoms with E-state index in [-0.39, 0.29) is 0 Å². The van der Waals surface area contributed by atoms with Crippen LogP contribution in [0.15, 0.2) is 47.0 Å². The first-order chi connectivity index (χ1) is 12.1. The molecule has 1 N–H and O–H groups in total. The van der Waals surface area contributed by atoms with E-state index in [0.29, 0.717) is 39.7 Å². The van der Waals surface area contributed by atoms with Crippen LogP contribution >= 0.6 is 23.2 Å². The fourth-order valence-electron chi connectivity index (χ4n) is 2.31. The monoisotopic (exact) mass is 378 g/mol. The third-order valence-corrected chi connectivity index (χ3v) is 4.13. The number of hydrogen-bond acceptors (Lipinski definition) is 5. The van der Waals surface area contributed by atoms with Gasteiger partial charge in [0.1, 0.15) is 11.5 Å². The highest BCUT2D eigenvalue weighted by molar-refractivity contribution is 6.32. The molecule has 130 valence electrons. The summed E-state index contributed by atoms with van der Waals surface area (Å²) >= 11 is 12.0. The number of halogens is 2. The Balaban J connectivity index is 1.75. The van der Waals surface area contributed by atoms with Crippen molar-refractivity contribution in [3.8, 4) is 22.8 Å².